The van der Waals surface area contributed by atoms with Gasteiger partial charge in [-0.2, -0.15) is 4.72 Å². The van der Waals surface area contributed by atoms with Crippen molar-refractivity contribution in [2.24, 2.45) is 0 Å². The monoisotopic (exact) mass is 346 g/mol. The first-order valence-corrected chi connectivity index (χ1v) is 8.58. The molecule has 0 radical (unpaired) electrons. The smallest absolute Gasteiger partial charge is 0.326 e. The van der Waals surface area contributed by atoms with Gasteiger partial charge >= 0.3 is 5.97 Å². The van der Waals surface area contributed by atoms with Crippen LogP contribution in [-0.4, -0.2) is 25.4 Å². The molecule has 1 unspecified atom stereocenters. The second-order valence-corrected chi connectivity index (χ2v) is 7.06. The van der Waals surface area contributed by atoms with Gasteiger partial charge < -0.3 is 10.4 Å². The van der Waals surface area contributed by atoms with Crippen molar-refractivity contribution in [1.82, 2.24) is 4.72 Å². The first kappa shape index (κ1) is 16.2. The number of aliphatic carboxylic acids is 1. The van der Waals surface area contributed by atoms with Gasteiger partial charge in [0.05, 0.1) is 11.3 Å². The second-order valence-electron chi connectivity index (χ2n) is 5.35. The predicted molar refractivity (Wildman–Crippen MR) is 85.9 cm³/mol. The number of carboxylic acid groups (broad SMARTS) is 1. The second kappa shape index (κ2) is 6.06. The van der Waals surface area contributed by atoms with Gasteiger partial charge in [-0.1, -0.05) is 30.3 Å². The molecule has 1 aliphatic rings. The standard InChI is InChI=1S/C16H14N2O5S/c19-14-9-11-8-12(6-7-13(11)17-14)24(22,23)18-15(16(20)21)10-4-2-1-3-5-10/h1-8,15,18H,9H2,(H,17,19)(H,20,21). The summed E-state index contributed by atoms with van der Waals surface area (Å²) in [5, 5.41) is 12.0. The molecular formula is C16H14N2O5S. The van der Waals surface area contributed by atoms with Crippen LogP contribution in [0.15, 0.2) is 53.4 Å². The third-order valence-corrected chi connectivity index (χ3v) is 5.09. The molecule has 3 N–H and O–H groups in total. The van der Waals surface area contributed by atoms with Crippen molar-refractivity contribution in [3.05, 3.63) is 59.7 Å². The van der Waals surface area contributed by atoms with Crippen molar-refractivity contribution in [3.8, 4) is 0 Å². The van der Waals surface area contributed by atoms with Crippen LogP contribution in [-0.2, 0) is 26.0 Å². The van der Waals surface area contributed by atoms with Gasteiger partial charge in [-0.25, -0.2) is 8.42 Å². The molecule has 2 aromatic carbocycles. The van der Waals surface area contributed by atoms with Crippen LogP contribution in [0, 0.1) is 0 Å². The Morgan fingerprint density at radius 3 is 2.54 bits per heavy atom. The number of carboxylic acids is 1. The van der Waals surface area contributed by atoms with Crippen molar-refractivity contribution in [2.45, 2.75) is 17.4 Å². The lowest BCUT2D eigenvalue weighted by molar-refractivity contribution is -0.139. The largest absolute Gasteiger partial charge is 0.480 e. The Bertz CT molecular complexity index is 909. The lowest BCUT2D eigenvalue weighted by Crippen LogP contribution is -2.33. The molecule has 0 aromatic heterocycles. The van der Waals surface area contributed by atoms with E-state index in [1.807, 2.05) is 0 Å². The molecule has 124 valence electrons. The van der Waals surface area contributed by atoms with E-state index < -0.39 is 22.0 Å². The first-order valence-electron chi connectivity index (χ1n) is 7.10. The quantitative estimate of drug-likeness (QED) is 0.755. The Morgan fingerprint density at radius 2 is 1.88 bits per heavy atom. The molecule has 3 rings (SSSR count). The highest BCUT2D eigenvalue weighted by Gasteiger charge is 2.28. The molecule has 0 fully saturated rings. The maximum atomic E-state index is 12.5. The molecule has 1 aliphatic heterocycles. The van der Waals surface area contributed by atoms with E-state index >= 15 is 0 Å². The predicted octanol–water partition coefficient (Wildman–Crippen LogP) is 1.29. The van der Waals surface area contributed by atoms with Crippen molar-refractivity contribution < 1.29 is 23.1 Å². The van der Waals surface area contributed by atoms with Crippen molar-refractivity contribution in [2.75, 3.05) is 5.32 Å². The summed E-state index contributed by atoms with van der Waals surface area (Å²) in [5.74, 6) is -1.51. The van der Waals surface area contributed by atoms with Gasteiger partial charge in [-0.15, -0.1) is 0 Å². The summed E-state index contributed by atoms with van der Waals surface area (Å²) in [6.45, 7) is 0. The van der Waals surface area contributed by atoms with E-state index in [4.69, 9.17) is 0 Å². The van der Waals surface area contributed by atoms with Crippen molar-refractivity contribution >= 4 is 27.6 Å². The van der Waals surface area contributed by atoms with Crippen LogP contribution in [0.4, 0.5) is 5.69 Å². The Kier molecular flexibility index (Phi) is 4.08. The summed E-state index contributed by atoms with van der Waals surface area (Å²) in [4.78, 5) is 22.7. The number of benzene rings is 2. The molecule has 0 spiro atoms. The molecule has 0 bridgehead atoms. The van der Waals surface area contributed by atoms with E-state index in [-0.39, 0.29) is 17.2 Å². The number of anilines is 1. The number of carbonyl (C=O) groups is 2. The van der Waals surface area contributed by atoms with E-state index in [9.17, 15) is 23.1 Å². The summed E-state index contributed by atoms with van der Waals surface area (Å²) in [6.07, 6.45) is 0.0970. The lowest BCUT2D eigenvalue weighted by Gasteiger charge is -2.15. The van der Waals surface area contributed by atoms with E-state index in [1.165, 1.54) is 30.3 Å². The van der Waals surface area contributed by atoms with E-state index in [1.54, 1.807) is 18.2 Å². The Labute approximate surface area is 138 Å². The van der Waals surface area contributed by atoms with Gasteiger partial charge in [0.25, 0.3) is 0 Å². The lowest BCUT2D eigenvalue weighted by atomic mass is 10.1. The normalized spacial score (nSPS) is 14.8. The fourth-order valence-electron chi connectivity index (χ4n) is 2.50. The molecular weight excluding hydrogens is 332 g/mol. The maximum absolute atomic E-state index is 12.5. The molecule has 1 heterocycles. The molecule has 0 aliphatic carbocycles. The minimum absolute atomic E-state index is 0.0834. The number of carbonyl (C=O) groups excluding carboxylic acids is 1. The molecule has 0 saturated heterocycles. The van der Waals surface area contributed by atoms with Crippen LogP contribution in [0.1, 0.15) is 17.2 Å². The maximum Gasteiger partial charge on any atom is 0.326 e. The summed E-state index contributed by atoms with van der Waals surface area (Å²) < 4.78 is 27.2. The fourth-order valence-corrected chi connectivity index (χ4v) is 3.73. The average molecular weight is 346 g/mol. The topological polar surface area (TPSA) is 113 Å². The number of rotatable bonds is 5. The van der Waals surface area contributed by atoms with Crippen LogP contribution in [0.5, 0.6) is 0 Å². The molecule has 8 heteroatoms. The number of amides is 1. The van der Waals surface area contributed by atoms with Crippen LogP contribution in [0.25, 0.3) is 0 Å². The zero-order chi connectivity index (χ0) is 17.3. The van der Waals surface area contributed by atoms with E-state index in [0.29, 0.717) is 16.8 Å². The van der Waals surface area contributed by atoms with Gasteiger partial charge in [-0.3, -0.25) is 9.59 Å². The van der Waals surface area contributed by atoms with Crippen LogP contribution >= 0.6 is 0 Å². The van der Waals surface area contributed by atoms with Gasteiger partial charge in [0.2, 0.25) is 15.9 Å². The number of hydrogen-bond donors (Lipinski definition) is 3. The zero-order valence-electron chi connectivity index (χ0n) is 12.4. The SMILES string of the molecule is O=C1Cc2cc(S(=O)(=O)NC(C(=O)O)c3ccccc3)ccc2N1. The van der Waals surface area contributed by atoms with E-state index in [0.717, 1.165) is 0 Å². The average Bonchev–Trinajstić information content (AvgIpc) is 2.92. The zero-order valence-corrected chi connectivity index (χ0v) is 13.2. The molecule has 1 amide bonds. The molecule has 2 aromatic rings. The van der Waals surface area contributed by atoms with E-state index in [2.05, 4.69) is 10.0 Å². The highest BCUT2D eigenvalue weighted by atomic mass is 32.2. The van der Waals surface area contributed by atoms with Crippen molar-refractivity contribution in [3.63, 3.8) is 0 Å². The van der Waals surface area contributed by atoms with Gasteiger partial charge in [0, 0.05) is 5.69 Å². The highest BCUT2D eigenvalue weighted by Crippen LogP contribution is 2.26. The Balaban J connectivity index is 1.92. The minimum Gasteiger partial charge on any atom is -0.480 e. The number of sulfonamides is 1. The summed E-state index contributed by atoms with van der Waals surface area (Å²) in [5.41, 5.74) is 1.46. The highest BCUT2D eigenvalue weighted by molar-refractivity contribution is 7.89. The van der Waals surface area contributed by atoms with Crippen LogP contribution in [0.2, 0.25) is 0 Å². The number of nitrogens with one attached hydrogen (secondary N) is 2. The van der Waals surface area contributed by atoms with Gasteiger partial charge in [-0.05, 0) is 29.3 Å². The molecule has 1 atom stereocenters. The molecule has 0 saturated carbocycles. The number of fused-ring (bicyclic) bond motifs is 1. The third-order valence-electron chi connectivity index (χ3n) is 3.66. The van der Waals surface area contributed by atoms with Crippen molar-refractivity contribution in [1.29, 1.82) is 0 Å². The summed E-state index contributed by atoms with van der Waals surface area (Å²) >= 11 is 0. The third kappa shape index (κ3) is 3.15. The molecule has 24 heavy (non-hydrogen) atoms. The molecule has 7 nitrogen and oxygen atoms in total. The summed E-state index contributed by atoms with van der Waals surface area (Å²) in [7, 11) is -4.06. The first-order chi connectivity index (χ1) is 11.4. The van der Waals surface area contributed by atoms with Gasteiger partial charge in [0.1, 0.15) is 6.04 Å². The fraction of sp³-hybridized carbons (Fsp3) is 0.125. The number of hydrogen-bond acceptors (Lipinski definition) is 4. The van der Waals surface area contributed by atoms with Crippen LogP contribution in [0.3, 0.4) is 0 Å². The minimum atomic E-state index is -4.06. The Morgan fingerprint density at radius 1 is 1.17 bits per heavy atom. The van der Waals surface area contributed by atoms with Gasteiger partial charge in [0.15, 0.2) is 0 Å². The summed E-state index contributed by atoms with van der Waals surface area (Å²) in [6, 6.07) is 10.8. The Hall–Kier alpha value is -2.71. The van der Waals surface area contributed by atoms with Crippen LogP contribution < -0.4 is 10.0 Å².